The number of sulfone groups is 1. The maximum absolute atomic E-state index is 11.7. The van der Waals surface area contributed by atoms with E-state index in [1.54, 1.807) is 19.9 Å². The average Bonchev–Trinajstić information content (AvgIpc) is 2.13. The molecule has 1 heterocycles. The van der Waals surface area contributed by atoms with Crippen molar-refractivity contribution in [2.24, 2.45) is 0 Å². The van der Waals surface area contributed by atoms with Crippen molar-refractivity contribution in [1.29, 1.82) is 0 Å². The summed E-state index contributed by atoms with van der Waals surface area (Å²) >= 11 is 0. The largest absolute Gasteiger partial charge is 0.481 e. The predicted octanol–water partition coefficient (Wildman–Crippen LogP) is 0.342. The van der Waals surface area contributed by atoms with Crippen LogP contribution in [0, 0.1) is 13.8 Å². The minimum absolute atomic E-state index is 0.300. The standard InChI is InChI=1S/C9H12N2O4S/c1-6-5-7(2)11-9(10-6)16(14,15)4-3-8(12)13/h5H,3-4H2,1-2H3,(H,12,13). The van der Waals surface area contributed by atoms with Gasteiger partial charge in [0.05, 0.1) is 12.2 Å². The van der Waals surface area contributed by atoms with Crippen LogP contribution < -0.4 is 0 Å². The third-order valence-electron chi connectivity index (χ3n) is 1.82. The Kier molecular flexibility index (Phi) is 3.58. The molecule has 1 aromatic rings. The van der Waals surface area contributed by atoms with E-state index < -0.39 is 28.0 Å². The number of carboxylic acids is 1. The molecule has 0 bridgehead atoms. The second kappa shape index (κ2) is 4.56. The molecule has 0 radical (unpaired) electrons. The summed E-state index contributed by atoms with van der Waals surface area (Å²) in [5.41, 5.74) is 1.09. The second-order valence-electron chi connectivity index (χ2n) is 3.40. The van der Waals surface area contributed by atoms with Gasteiger partial charge in [0, 0.05) is 11.4 Å². The summed E-state index contributed by atoms with van der Waals surface area (Å²) in [6.45, 7) is 3.32. The minimum Gasteiger partial charge on any atom is -0.481 e. The van der Waals surface area contributed by atoms with Gasteiger partial charge in [0.15, 0.2) is 0 Å². The van der Waals surface area contributed by atoms with Crippen LogP contribution in [-0.4, -0.2) is 35.2 Å². The molecule has 1 rings (SSSR count). The second-order valence-corrected chi connectivity index (χ2v) is 5.40. The molecule has 0 saturated heterocycles. The van der Waals surface area contributed by atoms with Crippen LogP contribution in [-0.2, 0) is 14.6 Å². The number of nitrogens with zero attached hydrogens (tertiary/aromatic N) is 2. The van der Waals surface area contributed by atoms with E-state index in [-0.39, 0.29) is 5.16 Å². The van der Waals surface area contributed by atoms with Crippen molar-refractivity contribution < 1.29 is 18.3 Å². The zero-order valence-electron chi connectivity index (χ0n) is 8.97. The van der Waals surface area contributed by atoms with Gasteiger partial charge in [0.2, 0.25) is 15.0 Å². The van der Waals surface area contributed by atoms with Crippen molar-refractivity contribution in [2.75, 3.05) is 5.75 Å². The average molecular weight is 244 g/mol. The monoisotopic (exact) mass is 244 g/mol. The van der Waals surface area contributed by atoms with Gasteiger partial charge in [-0.05, 0) is 19.9 Å². The maximum Gasteiger partial charge on any atom is 0.304 e. The number of aliphatic carboxylic acids is 1. The molecule has 0 aliphatic carbocycles. The highest BCUT2D eigenvalue weighted by Gasteiger charge is 2.19. The van der Waals surface area contributed by atoms with E-state index in [4.69, 9.17) is 5.11 Å². The van der Waals surface area contributed by atoms with Gasteiger partial charge in [-0.3, -0.25) is 4.79 Å². The van der Waals surface area contributed by atoms with Gasteiger partial charge in [-0.25, -0.2) is 18.4 Å². The molecular weight excluding hydrogens is 232 g/mol. The molecule has 88 valence electrons. The van der Waals surface area contributed by atoms with Crippen LogP contribution in [0.15, 0.2) is 11.2 Å². The number of hydrogen-bond donors (Lipinski definition) is 1. The lowest BCUT2D eigenvalue weighted by atomic mass is 10.4. The van der Waals surface area contributed by atoms with Gasteiger partial charge in [0.1, 0.15) is 0 Å². The molecule has 0 saturated carbocycles. The van der Waals surface area contributed by atoms with Crippen molar-refractivity contribution in [2.45, 2.75) is 25.4 Å². The summed E-state index contributed by atoms with van der Waals surface area (Å²) in [6.07, 6.45) is -0.446. The number of aromatic nitrogens is 2. The fourth-order valence-corrected chi connectivity index (χ4v) is 2.34. The fourth-order valence-electron chi connectivity index (χ4n) is 1.15. The van der Waals surface area contributed by atoms with Gasteiger partial charge in [-0.1, -0.05) is 0 Å². The van der Waals surface area contributed by atoms with Crippen LogP contribution in [0.4, 0.5) is 0 Å². The van der Waals surface area contributed by atoms with Crippen LogP contribution >= 0.6 is 0 Å². The fraction of sp³-hybridized carbons (Fsp3) is 0.444. The summed E-state index contributed by atoms with van der Waals surface area (Å²) in [7, 11) is -3.70. The Morgan fingerprint density at radius 2 is 1.81 bits per heavy atom. The lowest BCUT2D eigenvalue weighted by Gasteiger charge is -2.03. The molecule has 0 unspecified atom stereocenters. The van der Waals surface area contributed by atoms with Crippen molar-refractivity contribution in [3.63, 3.8) is 0 Å². The highest BCUT2D eigenvalue weighted by atomic mass is 32.2. The van der Waals surface area contributed by atoms with Crippen LogP contribution in [0.2, 0.25) is 0 Å². The molecule has 0 aromatic carbocycles. The topological polar surface area (TPSA) is 97.2 Å². The molecule has 0 fully saturated rings. The third-order valence-corrected chi connectivity index (χ3v) is 3.31. The zero-order chi connectivity index (χ0) is 12.3. The first-order valence-corrected chi connectivity index (χ1v) is 6.23. The molecule has 0 aliphatic heterocycles. The third kappa shape index (κ3) is 3.27. The highest BCUT2D eigenvalue weighted by Crippen LogP contribution is 2.08. The molecule has 0 spiro atoms. The van der Waals surface area contributed by atoms with Crippen LogP contribution in [0.5, 0.6) is 0 Å². The van der Waals surface area contributed by atoms with E-state index in [1.807, 2.05) is 0 Å². The van der Waals surface area contributed by atoms with Gasteiger partial charge >= 0.3 is 5.97 Å². The summed E-state index contributed by atoms with van der Waals surface area (Å²) in [5.74, 6) is -1.64. The van der Waals surface area contributed by atoms with Gasteiger partial charge in [0.25, 0.3) is 0 Å². The molecular formula is C9H12N2O4S. The number of rotatable bonds is 4. The number of carboxylic acid groups (broad SMARTS) is 1. The van der Waals surface area contributed by atoms with Gasteiger partial charge < -0.3 is 5.11 Å². The predicted molar refractivity (Wildman–Crippen MR) is 55.8 cm³/mol. The van der Waals surface area contributed by atoms with Gasteiger partial charge in [-0.15, -0.1) is 0 Å². The summed E-state index contributed by atoms with van der Waals surface area (Å²) in [6, 6.07) is 1.65. The molecule has 1 aromatic heterocycles. The lowest BCUT2D eigenvalue weighted by Crippen LogP contribution is -2.15. The summed E-state index contributed by atoms with van der Waals surface area (Å²) in [4.78, 5) is 17.9. The molecule has 0 atom stereocenters. The lowest BCUT2D eigenvalue weighted by molar-refractivity contribution is -0.136. The van der Waals surface area contributed by atoms with E-state index >= 15 is 0 Å². The van der Waals surface area contributed by atoms with E-state index in [1.165, 1.54) is 0 Å². The van der Waals surface area contributed by atoms with E-state index in [9.17, 15) is 13.2 Å². The molecule has 1 N–H and O–H groups in total. The van der Waals surface area contributed by atoms with Crippen LogP contribution in [0.3, 0.4) is 0 Å². The molecule has 16 heavy (non-hydrogen) atoms. The molecule has 0 aliphatic rings. The summed E-state index contributed by atoms with van der Waals surface area (Å²) < 4.78 is 23.3. The maximum atomic E-state index is 11.7. The van der Waals surface area contributed by atoms with E-state index in [0.717, 1.165) is 0 Å². The number of hydrogen-bond acceptors (Lipinski definition) is 5. The first-order valence-electron chi connectivity index (χ1n) is 4.58. The van der Waals surface area contributed by atoms with Crippen LogP contribution in [0.1, 0.15) is 17.8 Å². The zero-order valence-corrected chi connectivity index (χ0v) is 9.78. The van der Waals surface area contributed by atoms with Gasteiger partial charge in [-0.2, -0.15) is 0 Å². The molecule has 0 amide bonds. The van der Waals surface area contributed by atoms with Crippen molar-refractivity contribution >= 4 is 15.8 Å². The first-order chi connectivity index (χ1) is 7.31. The Balaban J connectivity index is 3.02. The molecule has 7 heteroatoms. The van der Waals surface area contributed by atoms with E-state index in [0.29, 0.717) is 11.4 Å². The summed E-state index contributed by atoms with van der Waals surface area (Å²) in [5, 5.41) is 8.13. The first kappa shape index (κ1) is 12.6. The Labute approximate surface area is 93.3 Å². The molecule has 6 nitrogen and oxygen atoms in total. The number of carbonyl (C=O) groups is 1. The van der Waals surface area contributed by atoms with E-state index in [2.05, 4.69) is 9.97 Å². The Morgan fingerprint density at radius 1 is 1.31 bits per heavy atom. The van der Waals surface area contributed by atoms with Crippen molar-refractivity contribution in [1.82, 2.24) is 9.97 Å². The highest BCUT2D eigenvalue weighted by molar-refractivity contribution is 7.91. The SMILES string of the molecule is Cc1cc(C)nc(S(=O)(=O)CCC(=O)O)n1. The van der Waals surface area contributed by atoms with Crippen molar-refractivity contribution in [3.8, 4) is 0 Å². The quantitative estimate of drug-likeness (QED) is 0.767. The Hall–Kier alpha value is -1.50. The van der Waals surface area contributed by atoms with Crippen LogP contribution in [0.25, 0.3) is 0 Å². The Morgan fingerprint density at radius 3 is 2.25 bits per heavy atom. The van der Waals surface area contributed by atoms with Crippen molar-refractivity contribution in [3.05, 3.63) is 17.5 Å². The number of aryl methyl sites for hydroxylation is 2. The smallest absolute Gasteiger partial charge is 0.304 e. The Bertz CT molecular complexity index is 490. The normalized spacial score (nSPS) is 11.4. The minimum atomic E-state index is -3.70.